The Hall–Kier alpha value is 0.140. The number of halogens is 2. The van der Waals surface area contributed by atoms with Crippen LogP contribution in [0.15, 0.2) is 27.1 Å². The first-order valence-electron chi connectivity index (χ1n) is 3.85. The van der Waals surface area contributed by atoms with Gasteiger partial charge in [-0.3, -0.25) is 0 Å². The molecule has 1 rings (SSSR count). The minimum atomic E-state index is 0.148. The summed E-state index contributed by atoms with van der Waals surface area (Å²) in [4.78, 5) is 0. The molecule has 0 fully saturated rings. The minimum absolute atomic E-state index is 0.148. The summed E-state index contributed by atoms with van der Waals surface area (Å²) in [6.45, 7) is 2.08. The number of rotatable bonds is 2. The monoisotopic (exact) mass is 291 g/mol. The maximum Gasteiger partial charge on any atom is 0.0320 e. The van der Waals surface area contributed by atoms with Crippen LogP contribution in [0.5, 0.6) is 0 Å². The lowest BCUT2D eigenvalue weighted by Gasteiger charge is -2.09. The highest BCUT2D eigenvalue weighted by Gasteiger charge is 2.04. The van der Waals surface area contributed by atoms with Crippen LogP contribution >= 0.6 is 31.9 Å². The maximum absolute atomic E-state index is 5.88. The van der Waals surface area contributed by atoms with Crippen molar-refractivity contribution in [3.63, 3.8) is 0 Å². The zero-order chi connectivity index (χ0) is 9.14. The first kappa shape index (κ1) is 10.2. The average molecular weight is 293 g/mol. The molecule has 0 saturated heterocycles. The van der Waals surface area contributed by atoms with E-state index in [0.29, 0.717) is 0 Å². The molecule has 1 nitrogen and oxygen atoms in total. The van der Waals surface area contributed by atoms with Crippen LogP contribution in [-0.4, -0.2) is 0 Å². The summed E-state index contributed by atoms with van der Waals surface area (Å²) in [6, 6.07) is 6.25. The molecule has 0 radical (unpaired) electrons. The van der Waals surface area contributed by atoms with Crippen LogP contribution in [0.3, 0.4) is 0 Å². The molecule has 0 unspecified atom stereocenters. The minimum Gasteiger partial charge on any atom is -0.324 e. The molecule has 0 spiro atoms. The van der Waals surface area contributed by atoms with Gasteiger partial charge in [0.2, 0.25) is 0 Å². The van der Waals surface area contributed by atoms with Crippen molar-refractivity contribution in [2.24, 2.45) is 5.73 Å². The fourth-order valence-corrected chi connectivity index (χ4v) is 1.62. The molecule has 0 bridgehead atoms. The summed E-state index contributed by atoms with van der Waals surface area (Å²) < 4.78 is 2.12. The standard InChI is InChI=1S/C9H11Br2N/c1-2-9(12)6-3-4-7(10)8(11)5-6/h3-5,9H,2,12H2,1H3/t9-/m0/s1. The Bertz CT molecular complexity index is 273. The Morgan fingerprint density at radius 2 is 2.00 bits per heavy atom. The summed E-state index contributed by atoms with van der Waals surface area (Å²) in [5.41, 5.74) is 7.05. The van der Waals surface area contributed by atoms with Crippen LogP contribution in [0.2, 0.25) is 0 Å². The van der Waals surface area contributed by atoms with E-state index in [4.69, 9.17) is 5.73 Å². The third-order valence-corrected chi connectivity index (χ3v) is 3.69. The van der Waals surface area contributed by atoms with Gasteiger partial charge >= 0.3 is 0 Å². The lowest BCUT2D eigenvalue weighted by molar-refractivity contribution is 0.698. The second-order valence-electron chi connectivity index (χ2n) is 2.69. The largest absolute Gasteiger partial charge is 0.324 e. The lowest BCUT2D eigenvalue weighted by Crippen LogP contribution is -2.08. The van der Waals surface area contributed by atoms with Gasteiger partial charge in [-0.15, -0.1) is 0 Å². The molecule has 66 valence electrons. The molecule has 0 heterocycles. The highest BCUT2D eigenvalue weighted by molar-refractivity contribution is 9.13. The van der Waals surface area contributed by atoms with E-state index in [1.807, 2.05) is 12.1 Å². The van der Waals surface area contributed by atoms with Crippen LogP contribution in [-0.2, 0) is 0 Å². The van der Waals surface area contributed by atoms with Crippen LogP contribution < -0.4 is 5.73 Å². The van der Waals surface area contributed by atoms with E-state index in [1.165, 1.54) is 5.56 Å². The van der Waals surface area contributed by atoms with Crippen LogP contribution in [0, 0.1) is 0 Å². The van der Waals surface area contributed by atoms with Crippen molar-refractivity contribution in [3.8, 4) is 0 Å². The Morgan fingerprint density at radius 1 is 1.33 bits per heavy atom. The second-order valence-corrected chi connectivity index (χ2v) is 4.40. The summed E-state index contributed by atoms with van der Waals surface area (Å²) in [5, 5.41) is 0. The van der Waals surface area contributed by atoms with E-state index in [0.717, 1.165) is 15.4 Å². The molecule has 0 aliphatic carbocycles. The topological polar surface area (TPSA) is 26.0 Å². The summed E-state index contributed by atoms with van der Waals surface area (Å²) in [6.07, 6.45) is 0.966. The molecule has 0 saturated carbocycles. The molecule has 2 N–H and O–H groups in total. The van der Waals surface area contributed by atoms with Crippen molar-refractivity contribution in [1.82, 2.24) is 0 Å². The van der Waals surface area contributed by atoms with Crippen molar-refractivity contribution in [2.45, 2.75) is 19.4 Å². The molecule has 1 aromatic carbocycles. The predicted molar refractivity (Wildman–Crippen MR) is 59.1 cm³/mol. The summed E-state index contributed by atoms with van der Waals surface area (Å²) in [5.74, 6) is 0. The van der Waals surface area contributed by atoms with E-state index in [1.54, 1.807) is 0 Å². The van der Waals surface area contributed by atoms with E-state index < -0.39 is 0 Å². The first-order chi connectivity index (χ1) is 5.65. The zero-order valence-corrected chi connectivity index (χ0v) is 10.0. The van der Waals surface area contributed by atoms with Crippen molar-refractivity contribution in [2.75, 3.05) is 0 Å². The second kappa shape index (κ2) is 4.40. The van der Waals surface area contributed by atoms with Gasteiger partial charge in [0.1, 0.15) is 0 Å². The third-order valence-electron chi connectivity index (χ3n) is 1.81. The fourth-order valence-electron chi connectivity index (χ4n) is 0.979. The van der Waals surface area contributed by atoms with E-state index in [9.17, 15) is 0 Å². The van der Waals surface area contributed by atoms with E-state index >= 15 is 0 Å². The third kappa shape index (κ3) is 2.31. The fraction of sp³-hybridized carbons (Fsp3) is 0.333. The zero-order valence-electron chi connectivity index (χ0n) is 6.85. The van der Waals surface area contributed by atoms with Gasteiger partial charge in [-0.25, -0.2) is 0 Å². The van der Waals surface area contributed by atoms with Gasteiger partial charge in [-0.05, 0) is 56.0 Å². The maximum atomic E-state index is 5.88. The Kier molecular flexibility index (Phi) is 3.75. The number of hydrogen-bond donors (Lipinski definition) is 1. The predicted octanol–water partition coefficient (Wildman–Crippen LogP) is 3.62. The first-order valence-corrected chi connectivity index (χ1v) is 5.44. The van der Waals surface area contributed by atoms with Gasteiger partial charge in [0.05, 0.1) is 0 Å². The van der Waals surface area contributed by atoms with Crippen molar-refractivity contribution >= 4 is 31.9 Å². The van der Waals surface area contributed by atoms with Gasteiger partial charge in [-0.1, -0.05) is 13.0 Å². The molecular formula is C9H11Br2N. The number of benzene rings is 1. The highest BCUT2D eigenvalue weighted by atomic mass is 79.9. The average Bonchev–Trinajstić information content (AvgIpc) is 2.08. The summed E-state index contributed by atoms with van der Waals surface area (Å²) in [7, 11) is 0. The SMILES string of the molecule is CC[C@H](N)c1ccc(Br)c(Br)c1. The van der Waals surface area contributed by atoms with Crippen molar-refractivity contribution < 1.29 is 0 Å². The molecule has 3 heteroatoms. The lowest BCUT2D eigenvalue weighted by atomic mass is 10.1. The molecule has 1 atom stereocenters. The van der Waals surface area contributed by atoms with Gasteiger partial charge in [-0.2, -0.15) is 0 Å². The van der Waals surface area contributed by atoms with Crippen LogP contribution in [0.4, 0.5) is 0 Å². The van der Waals surface area contributed by atoms with E-state index in [2.05, 4.69) is 44.8 Å². The molecule has 0 aromatic heterocycles. The van der Waals surface area contributed by atoms with Gasteiger partial charge in [0.15, 0.2) is 0 Å². The quantitative estimate of drug-likeness (QED) is 0.885. The number of nitrogens with two attached hydrogens (primary N) is 1. The van der Waals surface area contributed by atoms with Crippen LogP contribution in [0.25, 0.3) is 0 Å². The smallest absolute Gasteiger partial charge is 0.0320 e. The Balaban J connectivity index is 2.96. The molecule has 1 aromatic rings. The number of hydrogen-bond acceptors (Lipinski definition) is 1. The van der Waals surface area contributed by atoms with Crippen LogP contribution in [0.1, 0.15) is 24.9 Å². The van der Waals surface area contributed by atoms with Gasteiger partial charge < -0.3 is 5.73 Å². The molecule has 0 amide bonds. The van der Waals surface area contributed by atoms with Crippen molar-refractivity contribution in [1.29, 1.82) is 0 Å². The summed E-state index contributed by atoms with van der Waals surface area (Å²) >= 11 is 6.85. The highest BCUT2D eigenvalue weighted by Crippen LogP contribution is 2.26. The van der Waals surface area contributed by atoms with Crippen molar-refractivity contribution in [3.05, 3.63) is 32.7 Å². The van der Waals surface area contributed by atoms with Gasteiger partial charge in [0, 0.05) is 15.0 Å². The molecule has 0 aliphatic rings. The Labute approximate surface area is 89.6 Å². The van der Waals surface area contributed by atoms with E-state index in [-0.39, 0.29) is 6.04 Å². The molecule has 12 heavy (non-hydrogen) atoms. The molecular weight excluding hydrogens is 282 g/mol. The Morgan fingerprint density at radius 3 is 2.50 bits per heavy atom. The normalized spacial score (nSPS) is 13.0. The molecule has 0 aliphatic heterocycles. The van der Waals surface area contributed by atoms with Gasteiger partial charge in [0.25, 0.3) is 0 Å².